The van der Waals surface area contributed by atoms with E-state index in [1.165, 1.54) is 16.8 Å². The number of hydrogen-bond acceptors (Lipinski definition) is 2. The second-order valence-electron chi connectivity index (χ2n) is 3.99. The van der Waals surface area contributed by atoms with E-state index in [1.807, 2.05) is 0 Å². The van der Waals surface area contributed by atoms with Gasteiger partial charge in [-0.05, 0) is 6.07 Å². The molecular formula is C13H8F3N3. The number of alkyl halides is 3. The van der Waals surface area contributed by atoms with E-state index in [-0.39, 0.29) is 5.65 Å². The van der Waals surface area contributed by atoms with Gasteiger partial charge in [-0.25, -0.2) is 9.50 Å². The highest BCUT2D eigenvalue weighted by Gasteiger charge is 2.33. The molecule has 0 amide bonds. The van der Waals surface area contributed by atoms with E-state index in [0.29, 0.717) is 11.3 Å². The van der Waals surface area contributed by atoms with Gasteiger partial charge in [-0.1, -0.05) is 30.3 Å². The average Bonchev–Trinajstić information content (AvgIpc) is 2.85. The Kier molecular flexibility index (Phi) is 2.51. The Morgan fingerprint density at radius 1 is 1.00 bits per heavy atom. The highest BCUT2D eigenvalue weighted by atomic mass is 19.4. The predicted octanol–water partition coefficient (Wildman–Crippen LogP) is 3.42. The summed E-state index contributed by atoms with van der Waals surface area (Å²) in [4.78, 5) is 3.57. The number of halogens is 3. The Morgan fingerprint density at radius 3 is 2.42 bits per heavy atom. The van der Waals surface area contributed by atoms with E-state index >= 15 is 0 Å². The van der Waals surface area contributed by atoms with Crippen LogP contribution in [0.25, 0.3) is 16.9 Å². The summed E-state index contributed by atoms with van der Waals surface area (Å²) in [6, 6.07) is 11.2. The van der Waals surface area contributed by atoms with Crippen molar-refractivity contribution in [3.8, 4) is 11.3 Å². The van der Waals surface area contributed by atoms with Gasteiger partial charge in [-0.3, -0.25) is 0 Å². The molecule has 2 aromatic heterocycles. The molecule has 0 saturated heterocycles. The largest absolute Gasteiger partial charge is 0.433 e. The molecule has 0 atom stereocenters. The lowest BCUT2D eigenvalue weighted by molar-refractivity contribution is -0.141. The monoisotopic (exact) mass is 263 g/mol. The number of fused-ring (bicyclic) bond motifs is 1. The minimum absolute atomic E-state index is 0.175. The average molecular weight is 263 g/mol. The number of nitrogens with zero attached hydrogens (tertiary/aromatic N) is 3. The molecule has 2 heterocycles. The summed E-state index contributed by atoms with van der Waals surface area (Å²) in [5.74, 6) is 0. The fraction of sp³-hybridized carbons (Fsp3) is 0.0769. The molecule has 0 aliphatic heterocycles. The van der Waals surface area contributed by atoms with E-state index in [2.05, 4.69) is 10.1 Å². The van der Waals surface area contributed by atoms with Crippen LogP contribution < -0.4 is 0 Å². The third-order valence-electron chi connectivity index (χ3n) is 2.72. The molecular weight excluding hydrogens is 255 g/mol. The Bertz CT molecular complexity index is 717. The molecule has 0 aliphatic carbocycles. The van der Waals surface area contributed by atoms with Gasteiger partial charge >= 0.3 is 6.18 Å². The molecule has 0 bridgehead atoms. The first-order valence-corrected chi connectivity index (χ1v) is 5.53. The summed E-state index contributed by atoms with van der Waals surface area (Å²) < 4.78 is 39.9. The maximum absolute atomic E-state index is 12.8. The molecule has 0 fully saturated rings. The van der Waals surface area contributed by atoms with Crippen molar-refractivity contribution in [2.24, 2.45) is 0 Å². The van der Waals surface area contributed by atoms with Crippen LogP contribution in [0.1, 0.15) is 5.69 Å². The van der Waals surface area contributed by atoms with Crippen molar-refractivity contribution in [3.63, 3.8) is 0 Å². The Morgan fingerprint density at radius 2 is 1.74 bits per heavy atom. The van der Waals surface area contributed by atoms with Crippen LogP contribution in [0.15, 0.2) is 48.7 Å². The topological polar surface area (TPSA) is 30.2 Å². The van der Waals surface area contributed by atoms with Gasteiger partial charge in [-0.2, -0.15) is 18.3 Å². The molecule has 3 aromatic rings. The Hall–Kier alpha value is -2.37. The van der Waals surface area contributed by atoms with Gasteiger partial charge in [0.2, 0.25) is 0 Å². The third-order valence-corrected chi connectivity index (χ3v) is 2.72. The molecule has 0 aliphatic rings. The molecule has 96 valence electrons. The smallest absolute Gasteiger partial charge is 0.224 e. The molecule has 0 N–H and O–H groups in total. The minimum Gasteiger partial charge on any atom is -0.224 e. The van der Waals surface area contributed by atoms with Crippen molar-refractivity contribution in [1.29, 1.82) is 0 Å². The summed E-state index contributed by atoms with van der Waals surface area (Å²) in [5, 5.41) is 4.01. The van der Waals surface area contributed by atoms with Gasteiger partial charge in [0.25, 0.3) is 0 Å². The minimum atomic E-state index is -4.48. The van der Waals surface area contributed by atoms with Gasteiger partial charge in [-0.15, -0.1) is 0 Å². The van der Waals surface area contributed by atoms with Crippen LogP contribution in [-0.2, 0) is 6.18 Å². The maximum atomic E-state index is 12.8. The van der Waals surface area contributed by atoms with Crippen molar-refractivity contribution in [3.05, 3.63) is 54.4 Å². The molecule has 3 nitrogen and oxygen atoms in total. The number of benzene rings is 1. The van der Waals surface area contributed by atoms with Gasteiger partial charge < -0.3 is 0 Å². The highest BCUT2D eigenvalue weighted by molar-refractivity contribution is 5.63. The van der Waals surface area contributed by atoms with Gasteiger partial charge in [0, 0.05) is 11.6 Å². The molecule has 19 heavy (non-hydrogen) atoms. The molecule has 0 radical (unpaired) electrons. The first kappa shape index (κ1) is 11.7. The SMILES string of the molecule is FC(F)(F)c1cc(-c2ccccc2)n2nccc2n1. The lowest BCUT2D eigenvalue weighted by Gasteiger charge is -2.10. The zero-order chi connectivity index (χ0) is 13.5. The number of aromatic nitrogens is 3. The lowest BCUT2D eigenvalue weighted by Crippen LogP contribution is -2.10. The standard InChI is InChI=1S/C13H8F3N3/c14-13(15,16)11-8-10(9-4-2-1-3-5-9)19-12(18-11)6-7-17-19/h1-8H. The van der Waals surface area contributed by atoms with Crippen LogP contribution in [0.4, 0.5) is 13.2 Å². The van der Waals surface area contributed by atoms with Crippen molar-refractivity contribution >= 4 is 5.65 Å². The van der Waals surface area contributed by atoms with E-state index in [9.17, 15) is 13.2 Å². The Labute approximate surface area is 106 Å². The van der Waals surface area contributed by atoms with Crippen LogP contribution in [0, 0.1) is 0 Å². The quantitative estimate of drug-likeness (QED) is 0.673. The predicted molar refractivity (Wildman–Crippen MR) is 63.4 cm³/mol. The summed E-state index contributed by atoms with van der Waals surface area (Å²) >= 11 is 0. The fourth-order valence-corrected chi connectivity index (χ4v) is 1.87. The van der Waals surface area contributed by atoms with Gasteiger partial charge in [0.1, 0.15) is 5.69 Å². The first-order valence-electron chi connectivity index (χ1n) is 5.53. The summed E-state index contributed by atoms with van der Waals surface area (Å²) in [6.45, 7) is 0. The van der Waals surface area contributed by atoms with E-state index in [0.717, 1.165) is 6.07 Å². The van der Waals surface area contributed by atoms with Crippen molar-refractivity contribution in [1.82, 2.24) is 14.6 Å². The molecule has 0 spiro atoms. The van der Waals surface area contributed by atoms with E-state index in [4.69, 9.17) is 0 Å². The Balaban J connectivity index is 2.31. The lowest BCUT2D eigenvalue weighted by atomic mass is 10.1. The van der Waals surface area contributed by atoms with Crippen molar-refractivity contribution in [2.75, 3.05) is 0 Å². The second kappa shape index (κ2) is 4.08. The normalized spacial score (nSPS) is 11.9. The van der Waals surface area contributed by atoms with Crippen LogP contribution >= 0.6 is 0 Å². The number of hydrogen-bond donors (Lipinski definition) is 0. The fourth-order valence-electron chi connectivity index (χ4n) is 1.87. The maximum Gasteiger partial charge on any atom is 0.433 e. The summed E-state index contributed by atoms with van der Waals surface area (Å²) in [6.07, 6.45) is -3.05. The summed E-state index contributed by atoms with van der Waals surface area (Å²) in [5.41, 5.74) is 0.278. The van der Waals surface area contributed by atoms with Gasteiger partial charge in [0.15, 0.2) is 5.65 Å². The van der Waals surface area contributed by atoms with Crippen LogP contribution in [0.2, 0.25) is 0 Å². The molecule has 3 rings (SSSR count). The molecule has 0 saturated carbocycles. The van der Waals surface area contributed by atoms with Crippen LogP contribution in [0.5, 0.6) is 0 Å². The molecule has 6 heteroatoms. The zero-order valence-electron chi connectivity index (χ0n) is 9.59. The van der Waals surface area contributed by atoms with E-state index in [1.54, 1.807) is 30.3 Å². The first-order chi connectivity index (χ1) is 9.05. The van der Waals surface area contributed by atoms with Crippen molar-refractivity contribution < 1.29 is 13.2 Å². The van der Waals surface area contributed by atoms with Crippen molar-refractivity contribution in [2.45, 2.75) is 6.18 Å². The highest BCUT2D eigenvalue weighted by Crippen LogP contribution is 2.31. The van der Waals surface area contributed by atoms with E-state index < -0.39 is 11.9 Å². The number of rotatable bonds is 1. The molecule has 0 unspecified atom stereocenters. The summed E-state index contributed by atoms with van der Waals surface area (Å²) in [7, 11) is 0. The third kappa shape index (κ3) is 2.05. The second-order valence-corrected chi connectivity index (χ2v) is 3.99. The van der Waals surface area contributed by atoms with Crippen LogP contribution in [0.3, 0.4) is 0 Å². The zero-order valence-corrected chi connectivity index (χ0v) is 9.59. The molecule has 1 aromatic carbocycles. The van der Waals surface area contributed by atoms with Crippen LogP contribution in [-0.4, -0.2) is 14.6 Å². The van der Waals surface area contributed by atoms with Gasteiger partial charge in [0.05, 0.1) is 11.9 Å².